The average Bonchev–Trinajstić information content (AvgIpc) is 2.48. The van der Waals surface area contributed by atoms with Crippen LogP contribution in [0.15, 0.2) is 48.5 Å². The maximum atomic E-state index is 11.4. The van der Waals surface area contributed by atoms with E-state index < -0.39 is 6.23 Å². The first kappa shape index (κ1) is 13.0. The number of ether oxygens (including phenoxy) is 1. The quantitative estimate of drug-likeness (QED) is 0.786. The molecule has 0 N–H and O–H groups in total. The number of carbonyl (C=O) groups is 1. The number of hydrogen-bond donors (Lipinski definition) is 0. The molecular formula is C16H14ClNO2. The smallest absolute Gasteiger partial charge is 0.229 e. The number of anilines is 1. The van der Waals surface area contributed by atoms with Gasteiger partial charge in [-0.3, -0.25) is 4.79 Å². The van der Waals surface area contributed by atoms with E-state index in [9.17, 15) is 4.79 Å². The molecule has 102 valence electrons. The minimum absolute atomic E-state index is 0.0522. The molecular weight excluding hydrogens is 274 g/mol. The Labute approximate surface area is 122 Å². The van der Waals surface area contributed by atoms with E-state index in [1.54, 1.807) is 0 Å². The number of nitrogens with zero attached hydrogens (tertiary/aromatic N) is 1. The van der Waals surface area contributed by atoms with Crippen molar-refractivity contribution in [3.05, 3.63) is 59.1 Å². The fraction of sp³-hybridized carbons (Fsp3) is 0.188. The number of carbonyl (C=O) groups excluding carboxylic acids is 1. The molecule has 3 rings (SSSR count). The fourth-order valence-corrected chi connectivity index (χ4v) is 2.69. The highest BCUT2D eigenvalue weighted by Crippen LogP contribution is 2.38. The molecule has 0 aromatic heterocycles. The Bertz CT molecular complexity index is 627. The molecule has 0 fully saturated rings. The lowest BCUT2D eigenvalue weighted by molar-refractivity contribution is -0.114. The van der Waals surface area contributed by atoms with Crippen LogP contribution in [0.2, 0.25) is 5.02 Å². The van der Waals surface area contributed by atoms with E-state index in [-0.39, 0.29) is 6.04 Å². The Kier molecular flexibility index (Phi) is 3.36. The van der Waals surface area contributed by atoms with Gasteiger partial charge in [0, 0.05) is 16.3 Å². The highest BCUT2D eigenvalue weighted by molar-refractivity contribution is 6.30. The summed E-state index contributed by atoms with van der Waals surface area (Å²) in [5.74, 6) is 0.766. The molecule has 0 saturated carbocycles. The summed E-state index contributed by atoms with van der Waals surface area (Å²) in [5.41, 5.74) is 1.98. The van der Waals surface area contributed by atoms with Crippen molar-refractivity contribution in [1.82, 2.24) is 0 Å². The topological polar surface area (TPSA) is 29.5 Å². The molecule has 2 aromatic rings. The Balaban J connectivity index is 2.05. The number of rotatable bonds is 2. The summed E-state index contributed by atoms with van der Waals surface area (Å²) in [6.07, 6.45) is 0.196. The van der Waals surface area contributed by atoms with Gasteiger partial charge in [-0.25, -0.2) is 0 Å². The molecule has 0 amide bonds. The third-order valence-electron chi connectivity index (χ3n) is 3.55. The first-order valence-corrected chi connectivity index (χ1v) is 6.83. The van der Waals surface area contributed by atoms with Crippen molar-refractivity contribution in [2.75, 3.05) is 4.90 Å². The van der Waals surface area contributed by atoms with Crippen LogP contribution in [0.25, 0.3) is 0 Å². The summed E-state index contributed by atoms with van der Waals surface area (Å²) in [6, 6.07) is 15.3. The molecule has 2 atom stereocenters. The molecule has 1 heterocycles. The summed E-state index contributed by atoms with van der Waals surface area (Å²) in [5, 5.41) is 0.669. The van der Waals surface area contributed by atoms with Crippen LogP contribution in [0.1, 0.15) is 18.5 Å². The summed E-state index contributed by atoms with van der Waals surface area (Å²) in [7, 11) is 0. The molecule has 2 unspecified atom stereocenters. The van der Waals surface area contributed by atoms with Gasteiger partial charge in [0.05, 0.1) is 6.04 Å². The van der Waals surface area contributed by atoms with Crippen molar-refractivity contribution < 1.29 is 9.53 Å². The third kappa shape index (κ3) is 2.14. The highest BCUT2D eigenvalue weighted by atomic mass is 35.5. The van der Waals surface area contributed by atoms with Gasteiger partial charge in [-0.15, -0.1) is 0 Å². The van der Waals surface area contributed by atoms with Gasteiger partial charge in [-0.1, -0.05) is 29.8 Å². The summed E-state index contributed by atoms with van der Waals surface area (Å²) < 4.78 is 5.77. The SMILES string of the molecule is CC1c2ccccc2OC(C=O)N1c1ccc(Cl)cc1. The molecule has 0 radical (unpaired) electrons. The van der Waals surface area contributed by atoms with E-state index in [1.807, 2.05) is 53.4 Å². The zero-order chi connectivity index (χ0) is 14.1. The van der Waals surface area contributed by atoms with Crippen molar-refractivity contribution in [2.24, 2.45) is 0 Å². The van der Waals surface area contributed by atoms with Crippen LogP contribution in [0.3, 0.4) is 0 Å². The number of hydrogen-bond acceptors (Lipinski definition) is 3. The van der Waals surface area contributed by atoms with Crippen LogP contribution in [0.4, 0.5) is 5.69 Å². The lowest BCUT2D eigenvalue weighted by atomic mass is 10.0. The van der Waals surface area contributed by atoms with Crippen molar-refractivity contribution in [3.8, 4) is 5.75 Å². The molecule has 4 heteroatoms. The zero-order valence-corrected chi connectivity index (χ0v) is 11.7. The van der Waals surface area contributed by atoms with Gasteiger partial charge < -0.3 is 9.64 Å². The minimum Gasteiger partial charge on any atom is -0.463 e. The van der Waals surface area contributed by atoms with E-state index in [1.165, 1.54) is 0 Å². The van der Waals surface area contributed by atoms with Crippen LogP contribution < -0.4 is 9.64 Å². The number of para-hydroxylation sites is 1. The first-order chi connectivity index (χ1) is 9.70. The molecule has 1 aliphatic heterocycles. The van der Waals surface area contributed by atoms with Gasteiger partial charge in [0.25, 0.3) is 0 Å². The predicted molar refractivity (Wildman–Crippen MR) is 79.3 cm³/mol. The second kappa shape index (κ2) is 5.17. The van der Waals surface area contributed by atoms with Crippen molar-refractivity contribution >= 4 is 23.6 Å². The lowest BCUT2D eigenvalue weighted by Crippen LogP contribution is -2.46. The summed E-state index contributed by atoms with van der Waals surface area (Å²) >= 11 is 5.92. The molecule has 1 aliphatic rings. The molecule has 0 spiro atoms. The zero-order valence-electron chi connectivity index (χ0n) is 11.0. The predicted octanol–water partition coefficient (Wildman–Crippen LogP) is 3.83. The van der Waals surface area contributed by atoms with Crippen LogP contribution in [0.5, 0.6) is 5.75 Å². The highest BCUT2D eigenvalue weighted by Gasteiger charge is 2.32. The summed E-state index contributed by atoms with van der Waals surface area (Å²) in [6.45, 7) is 2.06. The maximum absolute atomic E-state index is 11.4. The minimum atomic E-state index is -0.624. The van der Waals surface area contributed by atoms with E-state index >= 15 is 0 Å². The van der Waals surface area contributed by atoms with Crippen molar-refractivity contribution in [2.45, 2.75) is 19.2 Å². The third-order valence-corrected chi connectivity index (χ3v) is 3.80. The van der Waals surface area contributed by atoms with Crippen LogP contribution in [0, 0.1) is 0 Å². The number of benzene rings is 2. The van der Waals surface area contributed by atoms with Crippen molar-refractivity contribution in [1.29, 1.82) is 0 Å². The molecule has 0 bridgehead atoms. The Morgan fingerprint density at radius 3 is 2.55 bits per heavy atom. The number of halogens is 1. The second-order valence-corrected chi connectivity index (χ2v) is 5.18. The van der Waals surface area contributed by atoms with Crippen molar-refractivity contribution in [3.63, 3.8) is 0 Å². The van der Waals surface area contributed by atoms with E-state index in [4.69, 9.17) is 16.3 Å². The molecule has 3 nitrogen and oxygen atoms in total. The fourth-order valence-electron chi connectivity index (χ4n) is 2.57. The van der Waals surface area contributed by atoms with Crippen LogP contribution in [-0.2, 0) is 4.79 Å². The number of aldehydes is 1. The van der Waals surface area contributed by atoms with Gasteiger partial charge >= 0.3 is 0 Å². The van der Waals surface area contributed by atoms with Crippen LogP contribution >= 0.6 is 11.6 Å². The number of fused-ring (bicyclic) bond motifs is 1. The lowest BCUT2D eigenvalue weighted by Gasteiger charge is -2.40. The van der Waals surface area contributed by atoms with E-state index in [0.29, 0.717) is 5.02 Å². The van der Waals surface area contributed by atoms with Gasteiger partial charge in [0.15, 0.2) is 6.29 Å². The van der Waals surface area contributed by atoms with Gasteiger partial charge in [-0.2, -0.15) is 0 Å². The Hall–Kier alpha value is -2.00. The molecule has 0 aliphatic carbocycles. The van der Waals surface area contributed by atoms with E-state index in [2.05, 4.69) is 6.92 Å². The van der Waals surface area contributed by atoms with Gasteiger partial charge in [0.2, 0.25) is 6.23 Å². The monoisotopic (exact) mass is 287 g/mol. The Morgan fingerprint density at radius 2 is 1.85 bits per heavy atom. The molecule has 2 aromatic carbocycles. The normalized spacial score (nSPS) is 21.0. The summed E-state index contributed by atoms with van der Waals surface area (Å²) in [4.78, 5) is 13.3. The Morgan fingerprint density at radius 1 is 1.15 bits per heavy atom. The standard InChI is InChI=1S/C16H14ClNO2/c1-11-14-4-2-3-5-15(14)20-16(10-19)18(11)13-8-6-12(17)7-9-13/h2-11,16H,1H3. The van der Waals surface area contributed by atoms with E-state index in [0.717, 1.165) is 23.3 Å². The second-order valence-electron chi connectivity index (χ2n) is 4.74. The molecule has 20 heavy (non-hydrogen) atoms. The average molecular weight is 288 g/mol. The van der Waals surface area contributed by atoms with Crippen LogP contribution in [-0.4, -0.2) is 12.5 Å². The molecule has 0 saturated heterocycles. The first-order valence-electron chi connectivity index (χ1n) is 6.45. The maximum Gasteiger partial charge on any atom is 0.229 e. The van der Waals surface area contributed by atoms with Gasteiger partial charge in [0.1, 0.15) is 5.75 Å². The largest absolute Gasteiger partial charge is 0.463 e. The van der Waals surface area contributed by atoms with Gasteiger partial charge in [-0.05, 0) is 37.3 Å².